The van der Waals surface area contributed by atoms with Crippen LogP contribution in [0.25, 0.3) is 0 Å². The number of aliphatic carboxylic acids is 1. The quantitative estimate of drug-likeness (QED) is 0.434. The topological polar surface area (TPSA) is 110 Å². The zero-order valence-corrected chi connectivity index (χ0v) is 20.9. The lowest BCUT2D eigenvalue weighted by Gasteiger charge is -2.36. The highest BCUT2D eigenvalue weighted by Gasteiger charge is 2.37. The van der Waals surface area contributed by atoms with E-state index in [-0.39, 0.29) is 30.8 Å². The highest BCUT2D eigenvalue weighted by molar-refractivity contribution is 7.92. The molecule has 2 heterocycles. The lowest BCUT2D eigenvalue weighted by Crippen LogP contribution is -2.43. The second-order valence-electron chi connectivity index (χ2n) is 8.84. The van der Waals surface area contributed by atoms with Gasteiger partial charge in [-0.25, -0.2) is 8.42 Å². The number of ether oxygens (including phenoxy) is 1. The van der Waals surface area contributed by atoms with Gasteiger partial charge in [0.25, 0.3) is 10.0 Å². The van der Waals surface area contributed by atoms with Crippen LogP contribution in [0.5, 0.6) is 5.75 Å². The maximum Gasteiger partial charge on any atom is 0.416 e. The first-order chi connectivity index (χ1) is 17.4. The van der Waals surface area contributed by atoms with Crippen molar-refractivity contribution in [3.63, 3.8) is 0 Å². The summed E-state index contributed by atoms with van der Waals surface area (Å²) in [6.45, 7) is 3.38. The van der Waals surface area contributed by atoms with Gasteiger partial charge < -0.3 is 14.4 Å². The standard InChI is InChI=1S/C25H25F3N2O6S/c1-15-21(16(2)36-29-15)9-6-17-7-10-23-22(12-17)30(14-19(35-23)8-11-24(31)32)37(33,34)20-5-3-4-18(13-20)25(26,27)28/h3-5,7,10,12-13,19H,6,8-9,11,14H2,1-2H3,(H,31,32)/t19-/m0/s1. The van der Waals surface area contributed by atoms with Crippen molar-refractivity contribution in [3.05, 3.63) is 70.6 Å². The van der Waals surface area contributed by atoms with Crippen molar-refractivity contribution >= 4 is 21.7 Å². The van der Waals surface area contributed by atoms with Crippen molar-refractivity contribution < 1.29 is 40.8 Å². The molecule has 1 aliphatic rings. The van der Waals surface area contributed by atoms with Crippen LogP contribution in [0.2, 0.25) is 0 Å². The second kappa shape index (κ2) is 10.1. The molecule has 0 amide bonds. The van der Waals surface area contributed by atoms with Gasteiger partial charge in [-0.3, -0.25) is 9.10 Å². The fraction of sp³-hybridized carbons (Fsp3) is 0.360. The molecule has 198 valence electrons. The van der Waals surface area contributed by atoms with E-state index in [1.807, 2.05) is 6.92 Å². The largest absolute Gasteiger partial charge is 0.486 e. The summed E-state index contributed by atoms with van der Waals surface area (Å²) in [5.74, 6) is -0.177. The molecule has 37 heavy (non-hydrogen) atoms. The Kier molecular flexibility index (Phi) is 7.22. The number of nitrogens with zero attached hydrogens (tertiary/aromatic N) is 2. The van der Waals surface area contributed by atoms with Crippen molar-refractivity contribution in [3.8, 4) is 5.75 Å². The Balaban J connectivity index is 1.71. The minimum Gasteiger partial charge on any atom is -0.486 e. The van der Waals surface area contributed by atoms with Crippen LogP contribution in [-0.2, 0) is 33.8 Å². The fourth-order valence-electron chi connectivity index (χ4n) is 4.26. The monoisotopic (exact) mass is 538 g/mol. The molecule has 4 rings (SSSR count). The van der Waals surface area contributed by atoms with Crippen LogP contribution in [0.4, 0.5) is 18.9 Å². The van der Waals surface area contributed by atoms with Crippen LogP contribution in [0, 0.1) is 13.8 Å². The summed E-state index contributed by atoms with van der Waals surface area (Å²) in [6.07, 6.45) is -4.63. The van der Waals surface area contributed by atoms with Gasteiger partial charge in [-0.2, -0.15) is 13.2 Å². The smallest absolute Gasteiger partial charge is 0.416 e. The molecular formula is C25H25F3N2O6S. The molecule has 0 unspecified atom stereocenters. The Morgan fingerprint density at radius 2 is 1.92 bits per heavy atom. The predicted octanol–water partition coefficient (Wildman–Crippen LogP) is 4.92. The minimum absolute atomic E-state index is 0.0250. The third-order valence-electron chi connectivity index (χ3n) is 6.23. The van der Waals surface area contributed by atoms with Gasteiger partial charge in [-0.15, -0.1) is 0 Å². The van der Waals surface area contributed by atoms with E-state index in [9.17, 15) is 26.4 Å². The third kappa shape index (κ3) is 5.74. The zero-order chi connectivity index (χ0) is 27.0. The molecule has 3 aromatic rings. The van der Waals surface area contributed by atoms with Gasteiger partial charge in [0.2, 0.25) is 0 Å². The Labute approximate surface area is 211 Å². The lowest BCUT2D eigenvalue weighted by atomic mass is 10.0. The number of halogens is 3. The van der Waals surface area contributed by atoms with Gasteiger partial charge in [-0.05, 0) is 69.0 Å². The molecule has 0 fully saturated rings. The van der Waals surface area contributed by atoms with Crippen LogP contribution in [0.1, 0.15) is 41.0 Å². The molecule has 0 aliphatic carbocycles. The Bertz CT molecular complexity index is 1400. The average molecular weight is 539 g/mol. The van der Waals surface area contributed by atoms with Crippen LogP contribution < -0.4 is 9.04 Å². The van der Waals surface area contributed by atoms with Crippen LogP contribution in [0.3, 0.4) is 0 Å². The van der Waals surface area contributed by atoms with Crippen molar-refractivity contribution in [2.24, 2.45) is 0 Å². The molecule has 0 radical (unpaired) electrons. The number of alkyl halides is 3. The summed E-state index contributed by atoms with van der Waals surface area (Å²) in [4.78, 5) is 10.6. The Morgan fingerprint density at radius 3 is 2.57 bits per heavy atom. The number of aromatic nitrogens is 1. The SMILES string of the molecule is Cc1noc(C)c1CCc1ccc2c(c1)N(S(=O)(=O)c1cccc(C(F)(F)F)c1)C[C@H](CCC(=O)O)O2. The van der Waals surface area contributed by atoms with Gasteiger partial charge >= 0.3 is 12.1 Å². The van der Waals surface area contributed by atoms with E-state index < -0.39 is 38.7 Å². The normalized spacial score (nSPS) is 15.8. The van der Waals surface area contributed by atoms with Crippen molar-refractivity contribution in [1.82, 2.24) is 5.16 Å². The average Bonchev–Trinajstić information content (AvgIpc) is 3.17. The summed E-state index contributed by atoms with van der Waals surface area (Å²) < 4.78 is 79.2. The van der Waals surface area contributed by atoms with Crippen molar-refractivity contribution in [1.29, 1.82) is 0 Å². The van der Waals surface area contributed by atoms with Crippen LogP contribution >= 0.6 is 0 Å². The lowest BCUT2D eigenvalue weighted by molar-refractivity contribution is -0.138. The molecule has 0 saturated heterocycles. The van der Waals surface area contributed by atoms with E-state index in [2.05, 4.69) is 5.16 Å². The third-order valence-corrected chi connectivity index (χ3v) is 8.01. The fourth-order valence-corrected chi connectivity index (χ4v) is 5.81. The van der Waals surface area contributed by atoms with E-state index >= 15 is 0 Å². The highest BCUT2D eigenvalue weighted by atomic mass is 32.2. The molecule has 0 bridgehead atoms. The second-order valence-corrected chi connectivity index (χ2v) is 10.7. The maximum atomic E-state index is 13.6. The summed E-state index contributed by atoms with van der Waals surface area (Å²) in [5.41, 5.74) is 1.57. The molecular weight excluding hydrogens is 513 g/mol. The molecule has 1 N–H and O–H groups in total. The number of hydrogen-bond donors (Lipinski definition) is 1. The summed E-state index contributed by atoms with van der Waals surface area (Å²) in [7, 11) is -4.44. The molecule has 12 heteroatoms. The highest BCUT2D eigenvalue weighted by Crippen LogP contribution is 2.40. The van der Waals surface area contributed by atoms with Crippen molar-refractivity contribution in [2.45, 2.75) is 56.7 Å². The van der Waals surface area contributed by atoms with E-state index in [1.165, 1.54) is 0 Å². The number of fused-ring (bicyclic) bond motifs is 1. The Hall–Kier alpha value is -3.54. The number of benzene rings is 2. The van der Waals surface area contributed by atoms with Gasteiger partial charge in [0.05, 0.1) is 28.4 Å². The molecule has 0 spiro atoms. The first-order valence-electron chi connectivity index (χ1n) is 11.5. The number of sulfonamides is 1. The molecule has 2 aromatic carbocycles. The zero-order valence-electron chi connectivity index (χ0n) is 20.1. The molecule has 8 nitrogen and oxygen atoms in total. The summed E-state index contributed by atoms with van der Waals surface area (Å²) >= 11 is 0. The number of carboxylic acids is 1. The number of hydrogen-bond acceptors (Lipinski definition) is 6. The van der Waals surface area contributed by atoms with E-state index in [4.69, 9.17) is 14.4 Å². The number of carbonyl (C=O) groups is 1. The summed E-state index contributed by atoms with van der Waals surface area (Å²) in [5, 5.41) is 13.0. The van der Waals surface area contributed by atoms with Crippen molar-refractivity contribution in [2.75, 3.05) is 10.8 Å². The van der Waals surface area contributed by atoms with E-state index in [0.29, 0.717) is 24.7 Å². The molecule has 1 aromatic heterocycles. The first kappa shape index (κ1) is 26.5. The predicted molar refractivity (Wildman–Crippen MR) is 127 cm³/mol. The molecule has 0 saturated carbocycles. The van der Waals surface area contributed by atoms with Crippen LogP contribution in [0.15, 0.2) is 51.9 Å². The number of aryl methyl sites for hydroxylation is 3. The van der Waals surface area contributed by atoms with Gasteiger partial charge in [0.15, 0.2) is 0 Å². The Morgan fingerprint density at radius 1 is 1.16 bits per heavy atom. The van der Waals surface area contributed by atoms with Gasteiger partial charge in [0, 0.05) is 12.0 Å². The minimum atomic E-state index is -4.72. The first-order valence-corrected chi connectivity index (χ1v) is 12.9. The number of rotatable bonds is 8. The van der Waals surface area contributed by atoms with E-state index in [0.717, 1.165) is 39.3 Å². The molecule has 1 atom stereocenters. The maximum absolute atomic E-state index is 13.6. The van der Waals surface area contributed by atoms with Gasteiger partial charge in [-0.1, -0.05) is 17.3 Å². The number of carboxylic acid groups (broad SMARTS) is 1. The summed E-state index contributed by atoms with van der Waals surface area (Å²) in [6, 6.07) is 8.54. The van der Waals surface area contributed by atoms with E-state index in [1.54, 1.807) is 25.1 Å². The van der Waals surface area contributed by atoms with Crippen LogP contribution in [-0.4, -0.2) is 37.3 Å². The van der Waals surface area contributed by atoms with Gasteiger partial charge in [0.1, 0.15) is 17.6 Å². The molecule has 1 aliphatic heterocycles. The number of anilines is 1.